The molecule has 2 aromatic rings. The monoisotopic (exact) mass is 272 g/mol. The summed E-state index contributed by atoms with van der Waals surface area (Å²) in [5.74, 6) is 0.414. The predicted octanol–water partition coefficient (Wildman–Crippen LogP) is 2.98. The van der Waals surface area contributed by atoms with Crippen molar-refractivity contribution < 1.29 is 14.9 Å². The van der Waals surface area contributed by atoms with Gasteiger partial charge in [-0.3, -0.25) is 10.1 Å². The zero-order valence-corrected chi connectivity index (χ0v) is 10.5. The Morgan fingerprint density at radius 2 is 2.00 bits per heavy atom. The fraction of sp³-hybridized carbons (Fsp3) is 0.0714. The zero-order valence-electron chi connectivity index (χ0n) is 10.5. The predicted molar refractivity (Wildman–Crippen MR) is 73.3 cm³/mol. The van der Waals surface area contributed by atoms with E-state index >= 15 is 0 Å². The summed E-state index contributed by atoms with van der Waals surface area (Å²) < 4.78 is 5.59. The molecule has 0 fully saturated rings. The maximum Gasteiger partial charge on any atom is 0.270 e. The average molecular weight is 272 g/mol. The molecule has 0 radical (unpaired) electrons. The molecular formula is C14H12N2O4. The van der Waals surface area contributed by atoms with E-state index in [1.54, 1.807) is 0 Å². The van der Waals surface area contributed by atoms with Gasteiger partial charge in [0, 0.05) is 17.7 Å². The van der Waals surface area contributed by atoms with Crippen LogP contribution < -0.4 is 4.74 Å². The van der Waals surface area contributed by atoms with Crippen LogP contribution in [-0.2, 0) is 6.61 Å². The van der Waals surface area contributed by atoms with Gasteiger partial charge in [0.1, 0.15) is 12.4 Å². The maximum atomic E-state index is 10.7. The smallest absolute Gasteiger partial charge is 0.270 e. The molecule has 0 bridgehead atoms. The third kappa shape index (κ3) is 3.32. The molecule has 0 aromatic heterocycles. The summed E-state index contributed by atoms with van der Waals surface area (Å²) in [6.07, 6.45) is 1.10. The van der Waals surface area contributed by atoms with Crippen molar-refractivity contribution in [1.29, 1.82) is 0 Å². The number of oxime groups is 1. The Kier molecular flexibility index (Phi) is 4.28. The number of nitrogens with zero attached hydrogens (tertiary/aromatic N) is 2. The van der Waals surface area contributed by atoms with Gasteiger partial charge >= 0.3 is 0 Å². The maximum absolute atomic E-state index is 10.7. The van der Waals surface area contributed by atoms with Gasteiger partial charge in [-0.1, -0.05) is 35.5 Å². The van der Waals surface area contributed by atoms with Crippen LogP contribution in [0.2, 0.25) is 0 Å². The van der Waals surface area contributed by atoms with Gasteiger partial charge in [0.25, 0.3) is 5.69 Å². The molecular weight excluding hydrogens is 260 g/mol. The fourth-order valence-electron chi connectivity index (χ4n) is 1.68. The van der Waals surface area contributed by atoms with Crippen molar-refractivity contribution in [2.24, 2.45) is 5.16 Å². The van der Waals surface area contributed by atoms with E-state index in [0.717, 1.165) is 11.8 Å². The van der Waals surface area contributed by atoms with E-state index in [9.17, 15) is 10.1 Å². The number of benzene rings is 2. The number of non-ortho nitro benzene ring substituents is 1. The van der Waals surface area contributed by atoms with Crippen LogP contribution >= 0.6 is 0 Å². The van der Waals surface area contributed by atoms with Crippen LogP contribution in [0.15, 0.2) is 53.7 Å². The van der Waals surface area contributed by atoms with Gasteiger partial charge in [-0.05, 0) is 11.6 Å². The minimum Gasteiger partial charge on any atom is -0.488 e. The molecule has 0 heterocycles. The van der Waals surface area contributed by atoms with Gasteiger partial charge in [0.15, 0.2) is 0 Å². The minimum atomic E-state index is -0.518. The lowest BCUT2D eigenvalue weighted by Gasteiger charge is -2.08. The number of nitro benzene ring substituents is 1. The summed E-state index contributed by atoms with van der Waals surface area (Å²) in [5.41, 5.74) is 1.22. The summed E-state index contributed by atoms with van der Waals surface area (Å²) in [4.78, 5) is 10.2. The van der Waals surface area contributed by atoms with Crippen molar-refractivity contribution in [2.45, 2.75) is 6.61 Å². The van der Waals surface area contributed by atoms with Crippen LogP contribution in [0, 0.1) is 10.1 Å². The second-order valence-electron chi connectivity index (χ2n) is 4.00. The highest BCUT2D eigenvalue weighted by molar-refractivity contribution is 5.84. The highest BCUT2D eigenvalue weighted by atomic mass is 16.6. The van der Waals surface area contributed by atoms with E-state index < -0.39 is 4.92 Å². The van der Waals surface area contributed by atoms with Crippen LogP contribution in [0.5, 0.6) is 5.75 Å². The van der Waals surface area contributed by atoms with Crippen molar-refractivity contribution in [3.8, 4) is 5.75 Å². The molecule has 6 nitrogen and oxygen atoms in total. The van der Waals surface area contributed by atoms with Crippen LogP contribution in [0.4, 0.5) is 5.69 Å². The second kappa shape index (κ2) is 6.33. The van der Waals surface area contributed by atoms with E-state index in [1.165, 1.54) is 18.2 Å². The molecule has 0 aliphatic heterocycles. The summed E-state index contributed by atoms with van der Waals surface area (Å²) in [7, 11) is 0. The normalized spacial score (nSPS) is 10.6. The highest BCUT2D eigenvalue weighted by Crippen LogP contribution is 2.23. The van der Waals surface area contributed by atoms with Crippen molar-refractivity contribution in [2.75, 3.05) is 0 Å². The Morgan fingerprint density at radius 3 is 2.65 bits per heavy atom. The van der Waals surface area contributed by atoms with Crippen LogP contribution in [0.25, 0.3) is 0 Å². The summed E-state index contributed by atoms with van der Waals surface area (Å²) >= 11 is 0. The largest absolute Gasteiger partial charge is 0.488 e. The molecule has 0 saturated heterocycles. The molecule has 1 N–H and O–H groups in total. The van der Waals surface area contributed by atoms with E-state index in [-0.39, 0.29) is 5.69 Å². The summed E-state index contributed by atoms with van der Waals surface area (Å²) in [6, 6.07) is 13.6. The summed E-state index contributed by atoms with van der Waals surface area (Å²) in [5, 5.41) is 22.2. The first kappa shape index (κ1) is 13.5. The minimum absolute atomic E-state index is 0.0908. The molecule has 102 valence electrons. The molecule has 0 atom stereocenters. The van der Waals surface area contributed by atoms with Crippen LogP contribution in [-0.4, -0.2) is 16.3 Å². The first-order chi connectivity index (χ1) is 9.70. The SMILES string of the molecule is O=[N+]([O-])c1ccc(OCc2ccccc2)c(/C=N/O)c1. The highest BCUT2D eigenvalue weighted by Gasteiger charge is 2.10. The van der Waals surface area contributed by atoms with Gasteiger partial charge in [-0.2, -0.15) is 0 Å². The van der Waals surface area contributed by atoms with Crippen molar-refractivity contribution in [1.82, 2.24) is 0 Å². The van der Waals surface area contributed by atoms with Gasteiger partial charge in [0.05, 0.1) is 11.1 Å². The fourth-order valence-corrected chi connectivity index (χ4v) is 1.68. The number of hydrogen-bond donors (Lipinski definition) is 1. The van der Waals surface area contributed by atoms with Crippen molar-refractivity contribution in [3.63, 3.8) is 0 Å². The van der Waals surface area contributed by atoms with Crippen molar-refractivity contribution in [3.05, 3.63) is 69.8 Å². The topological polar surface area (TPSA) is 85.0 Å². The Hall–Kier alpha value is -2.89. The van der Waals surface area contributed by atoms with Gasteiger partial charge in [-0.15, -0.1) is 0 Å². The van der Waals surface area contributed by atoms with E-state index in [1.807, 2.05) is 30.3 Å². The molecule has 20 heavy (non-hydrogen) atoms. The standard InChI is InChI=1S/C14H12N2O4/c17-15-9-12-8-13(16(18)19)6-7-14(12)20-10-11-4-2-1-3-5-11/h1-9,17H,10H2/b15-9+. The lowest BCUT2D eigenvalue weighted by molar-refractivity contribution is -0.384. The molecule has 2 aromatic carbocycles. The summed E-state index contributed by atoms with van der Waals surface area (Å²) in [6.45, 7) is 0.324. The van der Waals surface area contributed by atoms with Gasteiger partial charge < -0.3 is 9.94 Å². The lowest BCUT2D eigenvalue weighted by Crippen LogP contribution is -1.99. The molecule has 0 unspecified atom stereocenters. The Morgan fingerprint density at radius 1 is 1.25 bits per heavy atom. The van der Waals surface area contributed by atoms with Gasteiger partial charge in [-0.25, -0.2) is 0 Å². The van der Waals surface area contributed by atoms with E-state index in [0.29, 0.717) is 17.9 Å². The number of nitro groups is 1. The molecule has 2 rings (SSSR count). The Balaban J connectivity index is 2.20. The molecule has 0 spiro atoms. The molecule has 0 saturated carbocycles. The second-order valence-corrected chi connectivity index (χ2v) is 4.00. The Bertz CT molecular complexity index is 626. The zero-order chi connectivity index (χ0) is 14.4. The first-order valence-electron chi connectivity index (χ1n) is 5.83. The third-order valence-electron chi connectivity index (χ3n) is 2.64. The Labute approximate surface area is 115 Å². The quantitative estimate of drug-likeness (QED) is 0.392. The first-order valence-corrected chi connectivity index (χ1v) is 5.83. The third-order valence-corrected chi connectivity index (χ3v) is 2.64. The lowest BCUT2D eigenvalue weighted by atomic mass is 10.2. The van der Waals surface area contributed by atoms with E-state index in [4.69, 9.17) is 9.94 Å². The van der Waals surface area contributed by atoms with E-state index in [2.05, 4.69) is 5.16 Å². The molecule has 0 aliphatic carbocycles. The number of rotatable bonds is 5. The van der Waals surface area contributed by atoms with Gasteiger partial charge in [0.2, 0.25) is 0 Å². The molecule has 0 amide bonds. The van der Waals surface area contributed by atoms with Crippen LogP contribution in [0.3, 0.4) is 0 Å². The average Bonchev–Trinajstić information content (AvgIpc) is 2.47. The molecule has 6 heteroatoms. The van der Waals surface area contributed by atoms with Crippen molar-refractivity contribution >= 4 is 11.9 Å². The molecule has 0 aliphatic rings. The number of hydrogen-bond acceptors (Lipinski definition) is 5. The van der Waals surface area contributed by atoms with Crippen LogP contribution in [0.1, 0.15) is 11.1 Å². The number of ether oxygens (including phenoxy) is 1.